The molecule has 6 heteroatoms. The van der Waals surface area contributed by atoms with Gasteiger partial charge in [0.05, 0.1) is 11.3 Å². The zero-order chi connectivity index (χ0) is 17.5. The minimum absolute atomic E-state index is 0.209. The highest BCUT2D eigenvalue weighted by atomic mass is 16.1. The molecule has 1 amide bonds. The van der Waals surface area contributed by atoms with Crippen LogP contribution in [0, 0.1) is 0 Å². The number of carbonyl (C=O) groups is 1. The Morgan fingerprint density at radius 3 is 2.69 bits per heavy atom. The van der Waals surface area contributed by atoms with Gasteiger partial charge in [0, 0.05) is 23.0 Å². The quantitative estimate of drug-likeness (QED) is 0.617. The van der Waals surface area contributed by atoms with E-state index in [1.54, 1.807) is 10.7 Å². The first-order chi connectivity index (χ1) is 12.8. The van der Waals surface area contributed by atoms with Crippen LogP contribution < -0.4 is 5.32 Å². The van der Waals surface area contributed by atoms with Crippen molar-refractivity contribution in [1.29, 1.82) is 0 Å². The zero-order valence-electron chi connectivity index (χ0n) is 13.6. The summed E-state index contributed by atoms with van der Waals surface area (Å²) >= 11 is 0. The third-order valence-electron chi connectivity index (χ3n) is 4.29. The van der Waals surface area contributed by atoms with Gasteiger partial charge in [-0.2, -0.15) is 4.98 Å². The first kappa shape index (κ1) is 14.5. The van der Waals surface area contributed by atoms with Gasteiger partial charge in [0.25, 0.3) is 5.91 Å². The van der Waals surface area contributed by atoms with Gasteiger partial charge in [-0.05, 0) is 30.3 Å². The Balaban J connectivity index is 1.59. The molecule has 2 aromatic carbocycles. The van der Waals surface area contributed by atoms with Crippen molar-refractivity contribution in [3.63, 3.8) is 0 Å². The molecule has 0 atom stereocenters. The van der Waals surface area contributed by atoms with Crippen LogP contribution in [-0.4, -0.2) is 26.7 Å². The number of para-hydroxylation sites is 1. The predicted octanol–water partition coefficient (Wildman–Crippen LogP) is 3.71. The Morgan fingerprint density at radius 1 is 0.923 bits per heavy atom. The number of hydrogen-bond donors (Lipinski definition) is 1. The Kier molecular flexibility index (Phi) is 3.15. The lowest BCUT2D eigenvalue weighted by Crippen LogP contribution is -1.98. The van der Waals surface area contributed by atoms with E-state index in [1.807, 2.05) is 66.7 Å². The highest BCUT2D eigenvalue weighted by molar-refractivity contribution is 6.13. The second-order valence-corrected chi connectivity index (χ2v) is 5.97. The summed E-state index contributed by atoms with van der Waals surface area (Å²) in [7, 11) is 0. The van der Waals surface area contributed by atoms with Crippen molar-refractivity contribution in [3.8, 4) is 11.3 Å². The molecule has 0 saturated carbocycles. The Morgan fingerprint density at radius 2 is 1.81 bits per heavy atom. The number of amides is 1. The van der Waals surface area contributed by atoms with Gasteiger partial charge in [-0.25, -0.2) is 9.51 Å². The topological polar surface area (TPSA) is 71.7 Å². The van der Waals surface area contributed by atoms with E-state index < -0.39 is 0 Å². The summed E-state index contributed by atoms with van der Waals surface area (Å²) in [6.45, 7) is 0. The fraction of sp³-hybridized carbons (Fsp3) is 0. The first-order valence-electron chi connectivity index (χ1n) is 8.19. The van der Waals surface area contributed by atoms with Crippen molar-refractivity contribution in [2.24, 2.45) is 4.99 Å². The summed E-state index contributed by atoms with van der Waals surface area (Å²) in [6, 6.07) is 21.3. The highest BCUT2D eigenvalue weighted by Gasteiger charge is 2.17. The van der Waals surface area contributed by atoms with Crippen LogP contribution in [0.2, 0.25) is 0 Å². The molecule has 1 N–H and O–H groups in total. The molecule has 5 rings (SSSR count). The fourth-order valence-electron chi connectivity index (χ4n) is 3.04. The number of carbonyl (C=O) groups excluding carboxylic acids is 1. The zero-order valence-corrected chi connectivity index (χ0v) is 13.6. The van der Waals surface area contributed by atoms with Gasteiger partial charge in [-0.3, -0.25) is 4.79 Å². The van der Waals surface area contributed by atoms with E-state index >= 15 is 0 Å². The summed E-state index contributed by atoms with van der Waals surface area (Å²) in [5, 5.41) is 7.78. The van der Waals surface area contributed by atoms with Crippen molar-refractivity contribution < 1.29 is 4.79 Å². The fourth-order valence-corrected chi connectivity index (χ4v) is 3.04. The maximum atomic E-state index is 11.9. The molecule has 124 valence electrons. The average Bonchev–Trinajstić information content (AvgIpc) is 3.25. The molecule has 0 radical (unpaired) electrons. The molecule has 1 aliphatic heterocycles. The SMILES string of the molecule is O=C1N=Cc2ccc(-c3cccc4nc(Nc5ccccc5)nn34)cc21. The number of rotatable bonds is 3. The average molecular weight is 339 g/mol. The van der Waals surface area contributed by atoms with Crippen molar-refractivity contribution in [2.45, 2.75) is 0 Å². The number of anilines is 2. The molecule has 0 saturated heterocycles. The summed E-state index contributed by atoms with van der Waals surface area (Å²) < 4.78 is 1.77. The molecule has 3 heterocycles. The van der Waals surface area contributed by atoms with Crippen LogP contribution in [0.1, 0.15) is 15.9 Å². The maximum absolute atomic E-state index is 11.9. The standard InChI is InChI=1S/C20H13N5O/c26-19-16-11-13(9-10-14(16)12-21-19)17-7-4-8-18-23-20(24-25(17)18)22-15-5-2-1-3-6-15/h1-12H,(H,22,24). The summed E-state index contributed by atoms with van der Waals surface area (Å²) in [5.41, 5.74) is 4.86. The Labute approximate surface area is 148 Å². The van der Waals surface area contributed by atoms with E-state index in [0.29, 0.717) is 11.5 Å². The van der Waals surface area contributed by atoms with E-state index in [2.05, 4.69) is 20.4 Å². The molecular formula is C20H13N5O. The number of aromatic nitrogens is 3. The molecule has 4 aromatic rings. The number of aliphatic imine (C=N–C) groups is 1. The van der Waals surface area contributed by atoms with E-state index in [1.165, 1.54) is 0 Å². The van der Waals surface area contributed by atoms with Crippen LogP contribution in [0.3, 0.4) is 0 Å². The van der Waals surface area contributed by atoms with Crippen molar-refractivity contribution in [2.75, 3.05) is 5.32 Å². The lowest BCUT2D eigenvalue weighted by atomic mass is 10.0. The third-order valence-corrected chi connectivity index (χ3v) is 4.29. The molecular weight excluding hydrogens is 326 g/mol. The molecule has 0 bridgehead atoms. The normalized spacial score (nSPS) is 12.5. The van der Waals surface area contributed by atoms with Crippen LogP contribution in [-0.2, 0) is 0 Å². The molecule has 0 aliphatic carbocycles. The van der Waals surface area contributed by atoms with Crippen LogP contribution in [0.4, 0.5) is 11.6 Å². The smallest absolute Gasteiger partial charge is 0.277 e. The van der Waals surface area contributed by atoms with Crippen LogP contribution in [0.25, 0.3) is 16.9 Å². The molecule has 0 spiro atoms. The summed E-state index contributed by atoms with van der Waals surface area (Å²) in [6.07, 6.45) is 1.60. The van der Waals surface area contributed by atoms with Gasteiger partial charge in [0.15, 0.2) is 5.65 Å². The maximum Gasteiger partial charge on any atom is 0.277 e. The van der Waals surface area contributed by atoms with Gasteiger partial charge in [0.1, 0.15) is 0 Å². The number of nitrogens with one attached hydrogen (secondary N) is 1. The van der Waals surface area contributed by atoms with Crippen LogP contribution >= 0.6 is 0 Å². The molecule has 6 nitrogen and oxygen atoms in total. The summed E-state index contributed by atoms with van der Waals surface area (Å²) in [5.74, 6) is 0.309. The molecule has 0 fully saturated rings. The third kappa shape index (κ3) is 2.36. The largest absolute Gasteiger partial charge is 0.323 e. The van der Waals surface area contributed by atoms with E-state index in [-0.39, 0.29) is 5.91 Å². The first-order valence-corrected chi connectivity index (χ1v) is 8.19. The number of fused-ring (bicyclic) bond motifs is 2. The van der Waals surface area contributed by atoms with Crippen molar-refractivity contribution >= 4 is 29.4 Å². The second-order valence-electron chi connectivity index (χ2n) is 5.97. The van der Waals surface area contributed by atoms with Crippen LogP contribution in [0.15, 0.2) is 71.7 Å². The molecule has 26 heavy (non-hydrogen) atoms. The number of pyridine rings is 1. The molecule has 0 unspecified atom stereocenters. The van der Waals surface area contributed by atoms with E-state index in [4.69, 9.17) is 0 Å². The highest BCUT2D eigenvalue weighted by Crippen LogP contribution is 2.26. The van der Waals surface area contributed by atoms with E-state index in [9.17, 15) is 4.79 Å². The van der Waals surface area contributed by atoms with Crippen LogP contribution in [0.5, 0.6) is 0 Å². The Hall–Kier alpha value is -3.80. The molecule has 2 aromatic heterocycles. The van der Waals surface area contributed by atoms with Crippen molar-refractivity contribution in [3.05, 3.63) is 77.9 Å². The number of hydrogen-bond acceptors (Lipinski definition) is 4. The minimum atomic E-state index is -0.209. The predicted molar refractivity (Wildman–Crippen MR) is 100 cm³/mol. The van der Waals surface area contributed by atoms with Crippen molar-refractivity contribution in [1.82, 2.24) is 14.6 Å². The molecule has 1 aliphatic rings. The lowest BCUT2D eigenvalue weighted by Gasteiger charge is -2.05. The Bertz CT molecular complexity index is 1180. The minimum Gasteiger partial charge on any atom is -0.323 e. The second kappa shape index (κ2) is 5.63. The van der Waals surface area contributed by atoms with Gasteiger partial charge in [-0.1, -0.05) is 36.4 Å². The van der Waals surface area contributed by atoms with Gasteiger partial charge >= 0.3 is 0 Å². The number of nitrogens with zero attached hydrogens (tertiary/aromatic N) is 4. The van der Waals surface area contributed by atoms with Gasteiger partial charge in [0.2, 0.25) is 5.95 Å². The number of benzene rings is 2. The van der Waals surface area contributed by atoms with Gasteiger partial charge in [-0.15, -0.1) is 5.10 Å². The summed E-state index contributed by atoms with van der Waals surface area (Å²) in [4.78, 5) is 20.3. The lowest BCUT2D eigenvalue weighted by molar-refractivity contribution is 0.101. The van der Waals surface area contributed by atoms with E-state index in [0.717, 1.165) is 28.2 Å². The monoisotopic (exact) mass is 339 g/mol. The van der Waals surface area contributed by atoms with Gasteiger partial charge < -0.3 is 5.32 Å².